The Kier molecular flexibility index (Phi) is 4.18. The molecule has 92 valence electrons. The molecule has 3 nitrogen and oxygen atoms in total. The minimum Gasteiger partial charge on any atom is -0.387 e. The number of amidine groups is 1. The van der Waals surface area contributed by atoms with Crippen LogP contribution in [0, 0.1) is 11.3 Å². The highest BCUT2D eigenvalue weighted by Gasteiger charge is 2.20. The predicted octanol–water partition coefficient (Wildman–Crippen LogP) is 2.60. The van der Waals surface area contributed by atoms with Crippen LogP contribution < -0.4 is 5.73 Å². The van der Waals surface area contributed by atoms with Gasteiger partial charge < -0.3 is 5.73 Å². The summed E-state index contributed by atoms with van der Waals surface area (Å²) >= 11 is 3.44. The third-order valence-electron chi connectivity index (χ3n) is 3.35. The molecule has 4 heteroatoms. The average molecular weight is 296 g/mol. The van der Waals surface area contributed by atoms with Crippen molar-refractivity contribution in [1.29, 1.82) is 5.41 Å². The Labute approximate surface area is 111 Å². The van der Waals surface area contributed by atoms with Crippen LogP contribution in [0.2, 0.25) is 0 Å². The number of nitrogens with one attached hydrogen (secondary N) is 1. The molecule has 3 N–H and O–H groups in total. The van der Waals surface area contributed by atoms with Gasteiger partial charge in [0.1, 0.15) is 0 Å². The molecule has 0 bridgehead atoms. The van der Waals surface area contributed by atoms with Crippen LogP contribution in [-0.4, -0.2) is 23.8 Å². The Hall–Kier alpha value is -0.870. The van der Waals surface area contributed by atoms with Crippen molar-refractivity contribution in [3.63, 3.8) is 0 Å². The van der Waals surface area contributed by atoms with Crippen LogP contribution in [0.25, 0.3) is 0 Å². The number of benzene rings is 1. The SMILES string of the molecule is N=C(N)C1CCN(Cc2ccc(Br)cc2)CC1. The van der Waals surface area contributed by atoms with Crippen LogP contribution in [0.5, 0.6) is 0 Å². The molecule has 17 heavy (non-hydrogen) atoms. The topological polar surface area (TPSA) is 53.1 Å². The summed E-state index contributed by atoms with van der Waals surface area (Å²) in [6.45, 7) is 3.08. The normalized spacial score (nSPS) is 18.2. The largest absolute Gasteiger partial charge is 0.387 e. The number of piperidine rings is 1. The number of nitrogens with zero attached hydrogens (tertiary/aromatic N) is 1. The quantitative estimate of drug-likeness (QED) is 0.665. The van der Waals surface area contributed by atoms with Gasteiger partial charge in [0, 0.05) is 16.9 Å². The van der Waals surface area contributed by atoms with Crippen LogP contribution in [0.15, 0.2) is 28.7 Å². The molecular formula is C13H18BrN3. The molecule has 0 atom stereocenters. The lowest BCUT2D eigenvalue weighted by molar-refractivity contribution is 0.201. The molecule has 0 spiro atoms. The molecule has 1 heterocycles. The predicted molar refractivity (Wildman–Crippen MR) is 74.1 cm³/mol. The standard InChI is InChI=1S/C13H18BrN3/c14-12-3-1-10(2-4-12)9-17-7-5-11(6-8-17)13(15)16/h1-4,11H,5-9H2,(H3,15,16). The van der Waals surface area contributed by atoms with Crippen LogP contribution in [0.3, 0.4) is 0 Å². The monoisotopic (exact) mass is 295 g/mol. The molecule has 1 aromatic carbocycles. The Morgan fingerprint density at radius 2 is 1.88 bits per heavy atom. The summed E-state index contributed by atoms with van der Waals surface area (Å²) in [5.41, 5.74) is 6.88. The first-order valence-corrected chi connectivity index (χ1v) is 6.75. The van der Waals surface area contributed by atoms with Crippen molar-refractivity contribution in [3.8, 4) is 0 Å². The van der Waals surface area contributed by atoms with Crippen LogP contribution in [-0.2, 0) is 6.54 Å². The van der Waals surface area contributed by atoms with E-state index in [9.17, 15) is 0 Å². The number of halogens is 1. The van der Waals surface area contributed by atoms with Gasteiger partial charge >= 0.3 is 0 Å². The zero-order chi connectivity index (χ0) is 12.3. The third kappa shape index (κ3) is 3.54. The second kappa shape index (κ2) is 5.65. The summed E-state index contributed by atoms with van der Waals surface area (Å²) in [6, 6.07) is 8.47. The molecular weight excluding hydrogens is 278 g/mol. The molecule has 0 aromatic heterocycles. The Balaban J connectivity index is 1.85. The summed E-state index contributed by atoms with van der Waals surface area (Å²) in [4.78, 5) is 2.43. The van der Waals surface area contributed by atoms with Gasteiger partial charge in [-0.05, 0) is 43.6 Å². The third-order valence-corrected chi connectivity index (χ3v) is 3.88. The first-order chi connectivity index (χ1) is 8.15. The average Bonchev–Trinajstić information content (AvgIpc) is 2.33. The zero-order valence-electron chi connectivity index (χ0n) is 9.82. The number of hydrogen-bond donors (Lipinski definition) is 2. The molecule has 1 aromatic rings. The Morgan fingerprint density at radius 1 is 1.29 bits per heavy atom. The molecule has 0 unspecified atom stereocenters. The van der Waals surface area contributed by atoms with E-state index in [1.807, 2.05) is 0 Å². The van der Waals surface area contributed by atoms with E-state index in [0.29, 0.717) is 11.8 Å². The van der Waals surface area contributed by atoms with E-state index in [-0.39, 0.29) is 0 Å². The summed E-state index contributed by atoms with van der Waals surface area (Å²) in [5, 5.41) is 7.45. The van der Waals surface area contributed by atoms with Gasteiger partial charge in [-0.3, -0.25) is 10.3 Å². The van der Waals surface area contributed by atoms with Crippen LogP contribution in [0.4, 0.5) is 0 Å². The Morgan fingerprint density at radius 3 is 2.41 bits per heavy atom. The van der Waals surface area contributed by atoms with Gasteiger partial charge in [-0.25, -0.2) is 0 Å². The van der Waals surface area contributed by atoms with Crippen LogP contribution in [0.1, 0.15) is 18.4 Å². The lowest BCUT2D eigenvalue weighted by Gasteiger charge is -2.31. The van der Waals surface area contributed by atoms with Gasteiger partial charge in [0.05, 0.1) is 5.84 Å². The molecule has 0 radical (unpaired) electrons. The van der Waals surface area contributed by atoms with Crippen molar-refractivity contribution < 1.29 is 0 Å². The minimum atomic E-state index is 0.302. The summed E-state index contributed by atoms with van der Waals surface area (Å²) in [7, 11) is 0. The maximum absolute atomic E-state index is 7.45. The highest BCUT2D eigenvalue weighted by atomic mass is 79.9. The first kappa shape index (κ1) is 12.6. The summed E-state index contributed by atoms with van der Waals surface area (Å²) in [6.07, 6.45) is 2.04. The van der Waals surface area contributed by atoms with E-state index in [0.717, 1.165) is 36.9 Å². The molecule has 1 fully saturated rings. The van der Waals surface area contributed by atoms with Crippen molar-refractivity contribution in [2.45, 2.75) is 19.4 Å². The molecule has 0 amide bonds. The molecule has 1 aliphatic rings. The summed E-state index contributed by atoms with van der Waals surface area (Å²) < 4.78 is 1.12. The number of likely N-dealkylation sites (tertiary alicyclic amines) is 1. The van der Waals surface area contributed by atoms with Gasteiger partial charge in [-0.15, -0.1) is 0 Å². The number of hydrogen-bond acceptors (Lipinski definition) is 2. The fraction of sp³-hybridized carbons (Fsp3) is 0.462. The fourth-order valence-electron chi connectivity index (χ4n) is 2.25. The lowest BCUT2D eigenvalue weighted by Crippen LogP contribution is -2.37. The Bertz CT molecular complexity index is 380. The smallest absolute Gasteiger partial charge is 0.0937 e. The van der Waals surface area contributed by atoms with Gasteiger partial charge in [-0.1, -0.05) is 28.1 Å². The van der Waals surface area contributed by atoms with Gasteiger partial charge in [-0.2, -0.15) is 0 Å². The van der Waals surface area contributed by atoms with E-state index in [1.165, 1.54) is 5.56 Å². The van der Waals surface area contributed by atoms with E-state index in [2.05, 4.69) is 45.1 Å². The van der Waals surface area contributed by atoms with Crippen molar-refractivity contribution >= 4 is 21.8 Å². The fourth-order valence-corrected chi connectivity index (χ4v) is 2.51. The highest BCUT2D eigenvalue weighted by molar-refractivity contribution is 9.10. The van der Waals surface area contributed by atoms with Gasteiger partial charge in [0.15, 0.2) is 0 Å². The van der Waals surface area contributed by atoms with Crippen molar-refractivity contribution in [2.24, 2.45) is 11.7 Å². The molecule has 1 aliphatic heterocycles. The maximum Gasteiger partial charge on any atom is 0.0937 e. The maximum atomic E-state index is 7.45. The zero-order valence-corrected chi connectivity index (χ0v) is 11.4. The van der Waals surface area contributed by atoms with Gasteiger partial charge in [0.2, 0.25) is 0 Å². The van der Waals surface area contributed by atoms with E-state index in [1.54, 1.807) is 0 Å². The van der Waals surface area contributed by atoms with E-state index in [4.69, 9.17) is 11.1 Å². The lowest BCUT2D eigenvalue weighted by atomic mass is 9.95. The second-order valence-corrected chi connectivity index (χ2v) is 5.55. The van der Waals surface area contributed by atoms with Crippen molar-refractivity contribution in [2.75, 3.05) is 13.1 Å². The number of rotatable bonds is 3. The molecule has 0 aliphatic carbocycles. The number of nitrogens with two attached hydrogens (primary N) is 1. The van der Waals surface area contributed by atoms with Crippen molar-refractivity contribution in [1.82, 2.24) is 4.90 Å². The van der Waals surface area contributed by atoms with E-state index >= 15 is 0 Å². The van der Waals surface area contributed by atoms with Crippen molar-refractivity contribution in [3.05, 3.63) is 34.3 Å². The van der Waals surface area contributed by atoms with E-state index < -0.39 is 0 Å². The highest BCUT2D eigenvalue weighted by Crippen LogP contribution is 2.19. The second-order valence-electron chi connectivity index (χ2n) is 4.63. The minimum absolute atomic E-state index is 0.302. The molecule has 0 saturated carbocycles. The van der Waals surface area contributed by atoms with Crippen LogP contribution >= 0.6 is 15.9 Å². The summed E-state index contributed by atoms with van der Waals surface area (Å²) in [5.74, 6) is 0.657. The first-order valence-electron chi connectivity index (χ1n) is 5.96. The van der Waals surface area contributed by atoms with Gasteiger partial charge in [0.25, 0.3) is 0 Å². The molecule has 1 saturated heterocycles. The molecule has 2 rings (SSSR count).